The second-order valence-corrected chi connectivity index (χ2v) is 5.52. The van der Waals surface area contributed by atoms with Gasteiger partial charge in [0.15, 0.2) is 0 Å². The summed E-state index contributed by atoms with van der Waals surface area (Å²) in [6.45, 7) is 6.11. The number of nitrogen functional groups attached to an aromatic ring is 1. The summed E-state index contributed by atoms with van der Waals surface area (Å²) in [6.07, 6.45) is 5.29. The molecule has 5 heteroatoms. The van der Waals surface area contributed by atoms with Crippen LogP contribution in [0.15, 0.2) is 30.5 Å². The van der Waals surface area contributed by atoms with Gasteiger partial charge in [0, 0.05) is 12.7 Å². The van der Waals surface area contributed by atoms with E-state index < -0.39 is 5.60 Å². The minimum Gasteiger partial charge on any atom is -0.444 e. The van der Waals surface area contributed by atoms with Gasteiger partial charge in [0.1, 0.15) is 11.4 Å². The molecule has 0 saturated heterocycles. The van der Waals surface area contributed by atoms with Gasteiger partial charge in [0.05, 0.1) is 6.04 Å². The summed E-state index contributed by atoms with van der Waals surface area (Å²) in [5.41, 5.74) is 6.00. The number of hydrogen-bond donors (Lipinski definition) is 1. The van der Waals surface area contributed by atoms with E-state index in [1.807, 2.05) is 39.0 Å². The maximum Gasteiger partial charge on any atom is 0.411 e. The number of aromatic nitrogens is 1. The number of anilines is 1. The normalized spacial score (nSPS) is 18.7. The van der Waals surface area contributed by atoms with Crippen LogP contribution in [0.2, 0.25) is 0 Å². The number of nitrogens with zero attached hydrogens (tertiary/aromatic N) is 2. The fraction of sp³-hybridized carbons (Fsp3) is 0.429. The molecular weight excluding hydrogens is 242 g/mol. The SMILES string of the molecule is CC(C)(C)OC(=O)N1CC=CC1c1ccc(N)nc1. The molecule has 0 fully saturated rings. The summed E-state index contributed by atoms with van der Waals surface area (Å²) in [6, 6.07) is 3.47. The van der Waals surface area contributed by atoms with Crippen molar-refractivity contribution < 1.29 is 9.53 Å². The minimum atomic E-state index is -0.496. The van der Waals surface area contributed by atoms with Crippen LogP contribution in [0.3, 0.4) is 0 Å². The van der Waals surface area contributed by atoms with Crippen molar-refractivity contribution in [2.45, 2.75) is 32.4 Å². The summed E-state index contributed by atoms with van der Waals surface area (Å²) in [4.78, 5) is 17.9. The molecule has 1 atom stereocenters. The Morgan fingerprint density at radius 1 is 1.47 bits per heavy atom. The molecule has 5 nitrogen and oxygen atoms in total. The lowest BCUT2D eigenvalue weighted by Crippen LogP contribution is -2.36. The third-order valence-corrected chi connectivity index (χ3v) is 2.74. The molecule has 2 N–H and O–H groups in total. The molecule has 0 bridgehead atoms. The van der Waals surface area contributed by atoms with Gasteiger partial charge >= 0.3 is 6.09 Å². The molecule has 1 aromatic rings. The summed E-state index contributed by atoms with van der Waals surface area (Å²) in [7, 11) is 0. The highest BCUT2D eigenvalue weighted by atomic mass is 16.6. The topological polar surface area (TPSA) is 68.5 Å². The van der Waals surface area contributed by atoms with Gasteiger partial charge in [-0.3, -0.25) is 4.90 Å². The fourth-order valence-electron chi connectivity index (χ4n) is 1.91. The zero-order valence-electron chi connectivity index (χ0n) is 11.5. The van der Waals surface area contributed by atoms with E-state index in [4.69, 9.17) is 10.5 Å². The summed E-state index contributed by atoms with van der Waals surface area (Å²) in [5, 5.41) is 0. The van der Waals surface area contributed by atoms with Crippen LogP contribution >= 0.6 is 0 Å². The standard InChI is InChI=1S/C14H19N3O2/c1-14(2,3)19-13(18)17-8-4-5-11(17)10-6-7-12(15)16-9-10/h4-7,9,11H,8H2,1-3H3,(H2,15,16). The van der Waals surface area contributed by atoms with Crippen molar-refractivity contribution in [2.24, 2.45) is 0 Å². The van der Waals surface area contributed by atoms with Crippen LogP contribution in [-0.2, 0) is 4.74 Å². The maximum absolute atomic E-state index is 12.1. The molecule has 1 unspecified atom stereocenters. The van der Waals surface area contributed by atoms with Gasteiger partial charge in [-0.25, -0.2) is 9.78 Å². The van der Waals surface area contributed by atoms with Gasteiger partial charge in [0.2, 0.25) is 0 Å². The first-order valence-corrected chi connectivity index (χ1v) is 6.24. The summed E-state index contributed by atoms with van der Waals surface area (Å²) >= 11 is 0. The Hall–Kier alpha value is -2.04. The highest BCUT2D eigenvalue weighted by Crippen LogP contribution is 2.28. The molecule has 1 amide bonds. The first kappa shape index (κ1) is 13.4. The van der Waals surface area contributed by atoms with Crippen molar-refractivity contribution in [1.82, 2.24) is 9.88 Å². The van der Waals surface area contributed by atoms with Crippen molar-refractivity contribution in [2.75, 3.05) is 12.3 Å². The highest BCUT2D eigenvalue weighted by molar-refractivity contribution is 5.70. The predicted molar refractivity (Wildman–Crippen MR) is 73.5 cm³/mol. The number of hydrogen-bond acceptors (Lipinski definition) is 4. The summed E-state index contributed by atoms with van der Waals surface area (Å²) in [5.74, 6) is 0.467. The van der Waals surface area contributed by atoms with Crippen molar-refractivity contribution in [3.8, 4) is 0 Å². The van der Waals surface area contributed by atoms with Crippen LogP contribution in [0.5, 0.6) is 0 Å². The number of amides is 1. The van der Waals surface area contributed by atoms with Crippen molar-refractivity contribution >= 4 is 11.9 Å². The first-order valence-electron chi connectivity index (χ1n) is 6.24. The Balaban J connectivity index is 2.14. The second kappa shape index (κ2) is 4.91. The Morgan fingerprint density at radius 3 is 2.79 bits per heavy atom. The average Bonchev–Trinajstić information content (AvgIpc) is 2.76. The molecule has 0 aliphatic carbocycles. The third kappa shape index (κ3) is 3.24. The van der Waals surface area contributed by atoms with Crippen LogP contribution in [0, 0.1) is 0 Å². The minimum absolute atomic E-state index is 0.136. The van der Waals surface area contributed by atoms with Crippen molar-refractivity contribution in [1.29, 1.82) is 0 Å². The molecule has 1 aromatic heterocycles. The van der Waals surface area contributed by atoms with Gasteiger partial charge in [0.25, 0.3) is 0 Å². The Bertz CT molecular complexity index is 488. The molecule has 102 valence electrons. The second-order valence-electron chi connectivity index (χ2n) is 5.52. The maximum atomic E-state index is 12.1. The molecule has 2 rings (SSSR count). The monoisotopic (exact) mass is 261 g/mol. The smallest absolute Gasteiger partial charge is 0.411 e. The van der Waals surface area contributed by atoms with E-state index in [2.05, 4.69) is 4.98 Å². The molecule has 0 aromatic carbocycles. The molecule has 2 heterocycles. The third-order valence-electron chi connectivity index (χ3n) is 2.74. The average molecular weight is 261 g/mol. The molecule has 0 spiro atoms. The van der Waals surface area contributed by atoms with Crippen molar-refractivity contribution in [3.05, 3.63) is 36.0 Å². The van der Waals surface area contributed by atoms with Gasteiger partial charge < -0.3 is 10.5 Å². The van der Waals surface area contributed by atoms with E-state index in [0.29, 0.717) is 12.4 Å². The van der Waals surface area contributed by atoms with E-state index in [-0.39, 0.29) is 12.1 Å². The number of carbonyl (C=O) groups excluding carboxylic acids is 1. The van der Waals surface area contributed by atoms with Crippen molar-refractivity contribution in [3.63, 3.8) is 0 Å². The van der Waals surface area contributed by atoms with Crippen LogP contribution < -0.4 is 5.73 Å². The highest BCUT2D eigenvalue weighted by Gasteiger charge is 2.30. The zero-order valence-corrected chi connectivity index (χ0v) is 11.5. The number of nitrogens with two attached hydrogens (primary N) is 1. The molecule has 1 aliphatic heterocycles. The fourth-order valence-corrected chi connectivity index (χ4v) is 1.91. The zero-order chi connectivity index (χ0) is 14.0. The molecule has 19 heavy (non-hydrogen) atoms. The number of ether oxygens (including phenoxy) is 1. The van der Waals surface area contributed by atoms with Crippen LogP contribution in [0.25, 0.3) is 0 Å². The molecule has 0 saturated carbocycles. The van der Waals surface area contributed by atoms with Crippen LogP contribution in [0.1, 0.15) is 32.4 Å². The van der Waals surface area contributed by atoms with E-state index in [0.717, 1.165) is 5.56 Å². The van der Waals surface area contributed by atoms with Gasteiger partial charge in [-0.1, -0.05) is 18.2 Å². The largest absolute Gasteiger partial charge is 0.444 e. The lowest BCUT2D eigenvalue weighted by atomic mass is 10.1. The Labute approximate surface area is 113 Å². The van der Waals surface area contributed by atoms with E-state index >= 15 is 0 Å². The Kier molecular flexibility index (Phi) is 3.46. The number of pyridine rings is 1. The predicted octanol–water partition coefficient (Wildman–Crippen LogP) is 2.51. The van der Waals surface area contributed by atoms with Crippen LogP contribution in [-0.4, -0.2) is 28.1 Å². The van der Waals surface area contributed by atoms with Gasteiger partial charge in [-0.05, 0) is 32.4 Å². The lowest BCUT2D eigenvalue weighted by molar-refractivity contribution is 0.0240. The molecule has 1 aliphatic rings. The summed E-state index contributed by atoms with van der Waals surface area (Å²) < 4.78 is 5.40. The van der Waals surface area contributed by atoms with Gasteiger partial charge in [-0.15, -0.1) is 0 Å². The van der Waals surface area contributed by atoms with E-state index in [1.165, 1.54) is 0 Å². The first-order chi connectivity index (χ1) is 8.87. The van der Waals surface area contributed by atoms with Crippen LogP contribution in [0.4, 0.5) is 10.6 Å². The molecular formula is C14H19N3O2. The lowest BCUT2D eigenvalue weighted by Gasteiger charge is -2.28. The number of carbonyl (C=O) groups is 1. The van der Waals surface area contributed by atoms with Gasteiger partial charge in [-0.2, -0.15) is 0 Å². The number of rotatable bonds is 1. The molecule has 0 radical (unpaired) electrons. The van der Waals surface area contributed by atoms with E-state index in [9.17, 15) is 4.79 Å². The Morgan fingerprint density at radius 2 is 2.21 bits per heavy atom. The van der Waals surface area contributed by atoms with E-state index in [1.54, 1.807) is 17.2 Å². The quantitative estimate of drug-likeness (QED) is 0.789.